The molecular formula is C15H29N3O. The molecule has 0 spiro atoms. The predicted molar refractivity (Wildman–Crippen MR) is 78.1 cm³/mol. The van der Waals surface area contributed by atoms with Gasteiger partial charge in [-0.2, -0.15) is 0 Å². The van der Waals surface area contributed by atoms with Crippen molar-refractivity contribution < 1.29 is 4.79 Å². The summed E-state index contributed by atoms with van der Waals surface area (Å²) in [6, 6.07) is 0.352. The van der Waals surface area contributed by atoms with Crippen molar-refractivity contribution in [3.8, 4) is 0 Å². The van der Waals surface area contributed by atoms with Gasteiger partial charge in [0.05, 0.1) is 0 Å². The highest BCUT2D eigenvalue weighted by Crippen LogP contribution is 2.21. The van der Waals surface area contributed by atoms with Gasteiger partial charge < -0.3 is 14.7 Å². The lowest BCUT2D eigenvalue weighted by molar-refractivity contribution is -0.136. The number of hydrogen-bond acceptors (Lipinski definition) is 3. The third-order valence-electron chi connectivity index (χ3n) is 4.49. The molecule has 2 heterocycles. The summed E-state index contributed by atoms with van der Waals surface area (Å²) in [6.07, 6.45) is 3.10. The van der Waals surface area contributed by atoms with Crippen LogP contribution >= 0.6 is 0 Å². The molecule has 2 fully saturated rings. The molecule has 0 aromatic heterocycles. The first kappa shape index (κ1) is 14.8. The molecule has 19 heavy (non-hydrogen) atoms. The molecule has 2 aliphatic heterocycles. The Hall–Kier alpha value is -0.610. The van der Waals surface area contributed by atoms with Crippen molar-refractivity contribution >= 4 is 5.91 Å². The number of amides is 1. The van der Waals surface area contributed by atoms with Crippen LogP contribution < -0.4 is 0 Å². The van der Waals surface area contributed by atoms with E-state index in [4.69, 9.17) is 0 Å². The second-order valence-electron chi connectivity index (χ2n) is 6.50. The molecule has 2 saturated heterocycles. The maximum absolute atomic E-state index is 11.9. The topological polar surface area (TPSA) is 26.8 Å². The maximum atomic E-state index is 11.9. The fourth-order valence-electron chi connectivity index (χ4n) is 3.24. The molecule has 4 heteroatoms. The zero-order valence-electron chi connectivity index (χ0n) is 12.8. The molecular weight excluding hydrogens is 238 g/mol. The Labute approximate surface area is 117 Å². The zero-order valence-corrected chi connectivity index (χ0v) is 12.8. The Morgan fingerprint density at radius 3 is 2.74 bits per heavy atom. The van der Waals surface area contributed by atoms with Crippen LogP contribution in [-0.2, 0) is 4.79 Å². The number of hydrogen-bond donors (Lipinski definition) is 0. The maximum Gasteiger partial charge on any atom is 0.222 e. The van der Waals surface area contributed by atoms with Crippen LogP contribution in [0.4, 0.5) is 0 Å². The van der Waals surface area contributed by atoms with Crippen molar-refractivity contribution in [3.63, 3.8) is 0 Å². The summed E-state index contributed by atoms with van der Waals surface area (Å²) in [5, 5.41) is 0. The normalized spacial score (nSPS) is 27.9. The van der Waals surface area contributed by atoms with Crippen LogP contribution in [0.1, 0.15) is 33.1 Å². The van der Waals surface area contributed by atoms with E-state index >= 15 is 0 Å². The number of nitrogens with zero attached hydrogens (tertiary/aromatic N) is 3. The Balaban J connectivity index is 1.83. The summed E-state index contributed by atoms with van der Waals surface area (Å²) in [5.41, 5.74) is 0. The Morgan fingerprint density at radius 2 is 2.00 bits per heavy atom. The van der Waals surface area contributed by atoms with Gasteiger partial charge in [0.2, 0.25) is 5.91 Å². The van der Waals surface area contributed by atoms with E-state index in [1.165, 1.54) is 39.1 Å². The van der Waals surface area contributed by atoms with E-state index in [1.54, 1.807) is 0 Å². The van der Waals surface area contributed by atoms with Crippen molar-refractivity contribution in [2.75, 3.05) is 46.3 Å². The van der Waals surface area contributed by atoms with Gasteiger partial charge in [-0.3, -0.25) is 4.79 Å². The third kappa shape index (κ3) is 4.18. The summed E-state index contributed by atoms with van der Waals surface area (Å²) in [6.45, 7) is 11.2. The van der Waals surface area contributed by atoms with Crippen LogP contribution in [0.15, 0.2) is 0 Å². The quantitative estimate of drug-likeness (QED) is 0.770. The Morgan fingerprint density at radius 1 is 1.21 bits per heavy atom. The first-order valence-electron chi connectivity index (χ1n) is 7.76. The Kier molecular flexibility index (Phi) is 5.22. The number of rotatable bonds is 3. The molecule has 1 amide bonds. The van der Waals surface area contributed by atoms with Crippen LogP contribution in [0.2, 0.25) is 0 Å². The molecule has 0 aromatic carbocycles. The summed E-state index contributed by atoms with van der Waals surface area (Å²) in [7, 11) is 2.21. The van der Waals surface area contributed by atoms with Crippen LogP contribution in [0.5, 0.6) is 0 Å². The smallest absolute Gasteiger partial charge is 0.222 e. The molecule has 1 unspecified atom stereocenters. The van der Waals surface area contributed by atoms with Gasteiger partial charge >= 0.3 is 0 Å². The van der Waals surface area contributed by atoms with Crippen LogP contribution in [0.3, 0.4) is 0 Å². The molecule has 1 atom stereocenters. The van der Waals surface area contributed by atoms with Crippen molar-refractivity contribution in [1.29, 1.82) is 0 Å². The first-order chi connectivity index (χ1) is 9.06. The number of piperidine rings is 1. The fourth-order valence-corrected chi connectivity index (χ4v) is 3.24. The largest absolute Gasteiger partial charge is 0.340 e. The summed E-state index contributed by atoms with van der Waals surface area (Å²) >= 11 is 0. The SMILES string of the molecule is CC(C)N1CC(CN2CCCN(C)CC2)CCC1=O. The minimum absolute atomic E-state index is 0.349. The minimum atomic E-state index is 0.349. The van der Waals surface area contributed by atoms with Gasteiger partial charge in [-0.1, -0.05) is 0 Å². The fraction of sp³-hybridized carbons (Fsp3) is 0.933. The van der Waals surface area contributed by atoms with Gasteiger partial charge in [0.1, 0.15) is 0 Å². The van der Waals surface area contributed by atoms with Crippen molar-refractivity contribution in [3.05, 3.63) is 0 Å². The van der Waals surface area contributed by atoms with Crippen LogP contribution in [0, 0.1) is 5.92 Å². The molecule has 4 nitrogen and oxygen atoms in total. The predicted octanol–water partition coefficient (Wildman–Crippen LogP) is 1.27. The summed E-state index contributed by atoms with van der Waals surface area (Å²) in [4.78, 5) is 19.0. The van der Waals surface area contributed by atoms with Crippen LogP contribution in [0.25, 0.3) is 0 Å². The van der Waals surface area contributed by atoms with Gasteiger partial charge in [0, 0.05) is 38.6 Å². The second kappa shape index (κ2) is 6.71. The molecule has 0 radical (unpaired) electrons. The lowest BCUT2D eigenvalue weighted by atomic mass is 9.95. The molecule has 0 N–H and O–H groups in total. The summed E-state index contributed by atoms with van der Waals surface area (Å²) in [5.74, 6) is 1.02. The molecule has 0 bridgehead atoms. The Bertz CT molecular complexity index is 306. The second-order valence-corrected chi connectivity index (χ2v) is 6.50. The third-order valence-corrected chi connectivity index (χ3v) is 4.49. The molecule has 0 saturated carbocycles. The van der Waals surface area contributed by atoms with E-state index in [-0.39, 0.29) is 0 Å². The van der Waals surface area contributed by atoms with Gasteiger partial charge in [0.15, 0.2) is 0 Å². The van der Waals surface area contributed by atoms with E-state index in [9.17, 15) is 4.79 Å². The average Bonchev–Trinajstić information content (AvgIpc) is 2.56. The van der Waals surface area contributed by atoms with Gasteiger partial charge in [-0.05, 0) is 52.7 Å². The molecule has 0 aliphatic carbocycles. The number of carbonyl (C=O) groups is 1. The van der Waals surface area contributed by atoms with E-state index in [0.29, 0.717) is 17.9 Å². The first-order valence-corrected chi connectivity index (χ1v) is 7.76. The highest BCUT2D eigenvalue weighted by Gasteiger charge is 2.28. The lowest BCUT2D eigenvalue weighted by Crippen LogP contribution is -2.47. The lowest BCUT2D eigenvalue weighted by Gasteiger charge is -2.37. The van der Waals surface area contributed by atoms with E-state index in [2.05, 4.69) is 35.6 Å². The average molecular weight is 267 g/mol. The van der Waals surface area contributed by atoms with Gasteiger partial charge in [-0.15, -0.1) is 0 Å². The molecule has 0 aromatic rings. The van der Waals surface area contributed by atoms with E-state index in [0.717, 1.165) is 19.4 Å². The van der Waals surface area contributed by atoms with E-state index < -0.39 is 0 Å². The number of likely N-dealkylation sites (N-methyl/N-ethyl adjacent to an activating group) is 1. The van der Waals surface area contributed by atoms with Crippen molar-refractivity contribution in [2.24, 2.45) is 5.92 Å². The molecule has 2 aliphatic rings. The highest BCUT2D eigenvalue weighted by molar-refractivity contribution is 5.77. The standard InChI is InChI=1S/C15H29N3O/c1-13(2)18-12-14(5-6-15(18)19)11-17-8-4-7-16(3)9-10-17/h13-14H,4-12H2,1-3H3. The highest BCUT2D eigenvalue weighted by atomic mass is 16.2. The molecule has 110 valence electrons. The summed E-state index contributed by atoms with van der Waals surface area (Å²) < 4.78 is 0. The van der Waals surface area contributed by atoms with Crippen LogP contribution in [-0.4, -0.2) is 73.0 Å². The number of carbonyl (C=O) groups excluding carboxylic acids is 1. The monoisotopic (exact) mass is 267 g/mol. The molecule has 2 rings (SSSR count). The van der Waals surface area contributed by atoms with Crippen molar-refractivity contribution in [1.82, 2.24) is 14.7 Å². The number of likely N-dealkylation sites (tertiary alicyclic amines) is 1. The van der Waals surface area contributed by atoms with E-state index in [1.807, 2.05) is 0 Å². The van der Waals surface area contributed by atoms with Gasteiger partial charge in [0.25, 0.3) is 0 Å². The van der Waals surface area contributed by atoms with Crippen molar-refractivity contribution in [2.45, 2.75) is 39.2 Å². The zero-order chi connectivity index (χ0) is 13.8. The van der Waals surface area contributed by atoms with Gasteiger partial charge in [-0.25, -0.2) is 0 Å². The minimum Gasteiger partial charge on any atom is -0.340 e.